The highest BCUT2D eigenvalue weighted by Gasteiger charge is 2.27. The van der Waals surface area contributed by atoms with Crippen molar-refractivity contribution in [1.82, 2.24) is 0 Å². The summed E-state index contributed by atoms with van der Waals surface area (Å²) in [6.45, 7) is 3.45. The van der Waals surface area contributed by atoms with E-state index in [4.69, 9.17) is 48.5 Å². The van der Waals surface area contributed by atoms with Gasteiger partial charge in [-0.05, 0) is 32.0 Å². The summed E-state index contributed by atoms with van der Waals surface area (Å²) in [7, 11) is 7.76. The Kier molecular flexibility index (Phi) is 12.1. The Morgan fingerprint density at radius 1 is 0.854 bits per heavy atom. The number of hydrogen-bond acceptors (Lipinski definition) is 10. The van der Waals surface area contributed by atoms with Crippen molar-refractivity contribution in [3.05, 3.63) is 23.8 Å². The summed E-state index contributed by atoms with van der Waals surface area (Å²) >= 11 is 0. The minimum atomic E-state index is -1.09. The summed E-state index contributed by atoms with van der Waals surface area (Å²) < 4.78 is 38.8. The number of carbonyl (C=O) groups is 1. The minimum Gasteiger partial charge on any atom is -0.496 e. The van der Waals surface area contributed by atoms with Crippen LogP contribution in [0, 0.1) is 19.8 Å². The van der Waals surface area contributed by atoms with Gasteiger partial charge in [0.1, 0.15) is 29.1 Å². The van der Waals surface area contributed by atoms with Crippen LogP contribution < -0.4 is 28.4 Å². The van der Waals surface area contributed by atoms with E-state index in [9.17, 15) is 4.79 Å². The smallest absolute Gasteiger partial charge is 0.341 e. The predicted molar refractivity (Wildman–Crippen MR) is 154 cm³/mol. The fraction of sp³-hybridized carbons (Fsp3) is 0.433. The van der Waals surface area contributed by atoms with Crippen molar-refractivity contribution in [1.29, 1.82) is 0 Å². The number of rotatable bonds is 8. The van der Waals surface area contributed by atoms with Crippen LogP contribution in [-0.2, 0) is 9.53 Å². The van der Waals surface area contributed by atoms with Crippen LogP contribution in [0.3, 0.4) is 0 Å². The SMILES string of the molecule is C#C.CC1C[C@@H](O)C(O)CO1.COc1cc2c(OC)c3c(OC)ccc(OC)c3c(OC)c2c(C)c1OCC(=O)O. The lowest BCUT2D eigenvalue weighted by molar-refractivity contribution is -0.139. The van der Waals surface area contributed by atoms with Crippen molar-refractivity contribution in [2.24, 2.45) is 0 Å². The number of terminal acetylenes is 1. The molecule has 1 fully saturated rings. The second-order valence-electron chi connectivity index (χ2n) is 8.94. The summed E-state index contributed by atoms with van der Waals surface area (Å²) in [4.78, 5) is 11.1. The highest BCUT2D eigenvalue weighted by atomic mass is 16.5. The maximum Gasteiger partial charge on any atom is 0.341 e. The fourth-order valence-electron chi connectivity index (χ4n) is 4.68. The van der Waals surface area contributed by atoms with Crippen LogP contribution in [0.25, 0.3) is 21.5 Å². The summed E-state index contributed by atoms with van der Waals surface area (Å²) in [5, 5.41) is 29.7. The number of carboxylic acids is 1. The van der Waals surface area contributed by atoms with Gasteiger partial charge in [0.25, 0.3) is 0 Å². The molecule has 3 aromatic carbocycles. The number of carboxylic acid groups (broad SMARTS) is 1. The van der Waals surface area contributed by atoms with E-state index in [0.29, 0.717) is 68.0 Å². The Balaban J connectivity index is 0.000000450. The maximum atomic E-state index is 11.1. The molecule has 0 aromatic heterocycles. The molecule has 41 heavy (non-hydrogen) atoms. The van der Waals surface area contributed by atoms with Gasteiger partial charge in [0.2, 0.25) is 0 Å². The van der Waals surface area contributed by atoms with Gasteiger partial charge in [-0.1, -0.05) is 0 Å². The van der Waals surface area contributed by atoms with Crippen molar-refractivity contribution in [2.45, 2.75) is 38.6 Å². The van der Waals surface area contributed by atoms with Crippen molar-refractivity contribution >= 4 is 27.5 Å². The Hall–Kier alpha value is -4.11. The normalized spacial score (nSPS) is 17.8. The van der Waals surface area contributed by atoms with E-state index in [-0.39, 0.29) is 12.7 Å². The lowest BCUT2D eigenvalue weighted by atomic mass is 9.95. The van der Waals surface area contributed by atoms with Gasteiger partial charge < -0.3 is 48.5 Å². The highest BCUT2D eigenvalue weighted by Crippen LogP contribution is 2.53. The van der Waals surface area contributed by atoms with E-state index in [1.807, 2.05) is 13.8 Å². The van der Waals surface area contributed by atoms with Gasteiger partial charge in [-0.2, -0.15) is 0 Å². The summed E-state index contributed by atoms with van der Waals surface area (Å²) in [5.74, 6) is 1.83. The first-order valence-corrected chi connectivity index (χ1v) is 12.6. The van der Waals surface area contributed by atoms with Gasteiger partial charge in [0.05, 0.1) is 65.1 Å². The van der Waals surface area contributed by atoms with E-state index in [2.05, 4.69) is 12.8 Å². The second kappa shape index (κ2) is 15.0. The molecule has 0 spiro atoms. The zero-order valence-electron chi connectivity index (χ0n) is 24.3. The molecule has 0 amide bonds. The van der Waals surface area contributed by atoms with Crippen LogP contribution in [0.5, 0.6) is 34.5 Å². The average molecular weight is 575 g/mol. The number of aliphatic carboxylic acids is 1. The van der Waals surface area contributed by atoms with Gasteiger partial charge >= 0.3 is 5.97 Å². The average Bonchev–Trinajstić information content (AvgIpc) is 2.97. The molecular formula is C30H38O11. The van der Waals surface area contributed by atoms with Gasteiger partial charge in [-0.3, -0.25) is 0 Å². The minimum absolute atomic E-state index is 0.0865. The zero-order valence-corrected chi connectivity index (χ0v) is 24.3. The molecule has 1 aliphatic heterocycles. The summed E-state index contributed by atoms with van der Waals surface area (Å²) in [6.07, 6.45) is 7.36. The van der Waals surface area contributed by atoms with E-state index in [0.717, 1.165) is 0 Å². The van der Waals surface area contributed by atoms with Crippen molar-refractivity contribution < 1.29 is 53.3 Å². The molecule has 0 bridgehead atoms. The number of ether oxygens (including phenoxy) is 7. The quantitative estimate of drug-likeness (QED) is 0.268. The third-order valence-corrected chi connectivity index (χ3v) is 6.52. The molecule has 4 rings (SSSR count). The number of benzene rings is 3. The third-order valence-electron chi connectivity index (χ3n) is 6.52. The number of aliphatic hydroxyl groups is 2. The monoisotopic (exact) mass is 574 g/mol. The summed E-state index contributed by atoms with van der Waals surface area (Å²) in [6, 6.07) is 5.32. The standard InChI is InChI=1S/C22H24O8.C6H12O3.C2H2/c1-11-17-12(9-15(27-4)20(11)30-10-16(23)24)21(28-5)18-13(25-2)7-8-14(26-3)19(18)22(17)29-6;1-4-2-5(7)6(8)3-9-4;1-2/h7-9H,10H2,1-6H3,(H,23,24);4-8H,2-3H2,1H3;1-2H/t;4?,5-,6?;/m.1./s1. The molecule has 1 saturated heterocycles. The Morgan fingerprint density at radius 3 is 1.83 bits per heavy atom. The molecule has 224 valence electrons. The largest absolute Gasteiger partial charge is 0.496 e. The van der Waals surface area contributed by atoms with Crippen LogP contribution in [0.15, 0.2) is 18.2 Å². The molecule has 3 N–H and O–H groups in total. The van der Waals surface area contributed by atoms with Crippen LogP contribution in [0.1, 0.15) is 18.9 Å². The number of hydrogen-bond donors (Lipinski definition) is 3. The molecular weight excluding hydrogens is 536 g/mol. The van der Waals surface area contributed by atoms with E-state index >= 15 is 0 Å². The number of methoxy groups -OCH3 is 5. The molecule has 0 saturated carbocycles. The highest BCUT2D eigenvalue weighted by molar-refractivity contribution is 6.17. The van der Waals surface area contributed by atoms with Crippen LogP contribution in [-0.4, -0.2) is 88.4 Å². The molecule has 3 aromatic rings. The Bertz CT molecular complexity index is 1370. The first kappa shape index (κ1) is 33.1. The van der Waals surface area contributed by atoms with Gasteiger partial charge in [-0.15, -0.1) is 12.8 Å². The molecule has 1 heterocycles. The maximum absolute atomic E-state index is 11.1. The third kappa shape index (κ3) is 6.97. The molecule has 3 atom stereocenters. The van der Waals surface area contributed by atoms with E-state index in [1.165, 1.54) is 7.11 Å². The number of aliphatic hydroxyl groups excluding tert-OH is 2. The molecule has 11 nitrogen and oxygen atoms in total. The fourth-order valence-corrected chi connectivity index (χ4v) is 4.68. The molecule has 1 aliphatic rings. The molecule has 2 unspecified atom stereocenters. The van der Waals surface area contributed by atoms with Gasteiger partial charge in [0, 0.05) is 22.8 Å². The molecule has 0 aliphatic carbocycles. The van der Waals surface area contributed by atoms with E-state index < -0.39 is 24.8 Å². The van der Waals surface area contributed by atoms with E-state index in [1.54, 1.807) is 46.6 Å². The van der Waals surface area contributed by atoms with Crippen molar-refractivity contribution in [3.63, 3.8) is 0 Å². The van der Waals surface area contributed by atoms with Crippen molar-refractivity contribution in [3.8, 4) is 47.3 Å². The predicted octanol–water partition coefficient (Wildman–Crippen LogP) is 3.57. The molecule has 11 heteroatoms. The summed E-state index contributed by atoms with van der Waals surface area (Å²) in [5.41, 5.74) is 0.646. The lowest BCUT2D eigenvalue weighted by Crippen LogP contribution is -2.39. The van der Waals surface area contributed by atoms with Gasteiger partial charge in [0.15, 0.2) is 18.1 Å². The second-order valence-corrected chi connectivity index (χ2v) is 8.94. The number of aryl methyl sites for hydroxylation is 1. The van der Waals surface area contributed by atoms with Crippen LogP contribution in [0.4, 0.5) is 0 Å². The Morgan fingerprint density at radius 2 is 1.39 bits per heavy atom. The van der Waals surface area contributed by atoms with Crippen molar-refractivity contribution in [2.75, 3.05) is 48.8 Å². The zero-order chi connectivity index (χ0) is 30.9. The van der Waals surface area contributed by atoms with Crippen LogP contribution in [0.2, 0.25) is 0 Å². The Labute approximate surface area is 239 Å². The van der Waals surface area contributed by atoms with Crippen LogP contribution >= 0.6 is 0 Å². The first-order valence-electron chi connectivity index (χ1n) is 12.6. The lowest BCUT2D eigenvalue weighted by Gasteiger charge is -2.27. The molecule has 0 radical (unpaired) electrons. The first-order chi connectivity index (χ1) is 19.6. The van der Waals surface area contributed by atoms with Gasteiger partial charge in [-0.25, -0.2) is 4.79 Å². The number of fused-ring (bicyclic) bond motifs is 2. The topological polar surface area (TPSA) is 142 Å².